The molecule has 0 saturated carbocycles. The van der Waals surface area contributed by atoms with E-state index < -0.39 is 5.97 Å². The molecule has 0 saturated heterocycles. The number of carbonyl (C=O) groups excluding carboxylic acids is 1. The molecule has 0 unspecified atom stereocenters. The highest BCUT2D eigenvalue weighted by molar-refractivity contribution is 5.83. The molecule has 0 radical (unpaired) electrons. The second kappa shape index (κ2) is 2.61. The van der Waals surface area contributed by atoms with Gasteiger partial charge in [0.15, 0.2) is 6.20 Å². The Balaban J connectivity index is 3.03. The first-order valence-corrected chi connectivity index (χ1v) is 3.07. The lowest BCUT2D eigenvalue weighted by atomic mass is 10.6. The summed E-state index contributed by atoms with van der Waals surface area (Å²) < 4.78 is 6.05. The number of nitrogen functional groups attached to an aromatic ring is 1. The average Bonchev–Trinajstić information content (AvgIpc) is 2.28. The Kier molecular flexibility index (Phi) is 1.80. The first-order valence-electron chi connectivity index (χ1n) is 3.07. The van der Waals surface area contributed by atoms with Gasteiger partial charge in [0, 0.05) is 0 Å². The van der Waals surface area contributed by atoms with Crippen molar-refractivity contribution in [2.24, 2.45) is 7.05 Å². The Hall–Kier alpha value is -1.52. The van der Waals surface area contributed by atoms with Crippen LogP contribution in [0.25, 0.3) is 0 Å². The Morgan fingerprint density at radius 2 is 2.45 bits per heavy atom. The van der Waals surface area contributed by atoms with E-state index in [1.165, 1.54) is 7.11 Å². The van der Waals surface area contributed by atoms with Gasteiger partial charge in [0.05, 0.1) is 14.2 Å². The summed E-state index contributed by atoms with van der Waals surface area (Å²) >= 11 is 0. The minimum Gasteiger partial charge on any atom is -0.460 e. The number of aryl methyl sites for hydroxylation is 1. The number of imidazole rings is 1. The van der Waals surface area contributed by atoms with E-state index in [1.54, 1.807) is 17.8 Å². The second-order valence-corrected chi connectivity index (χ2v) is 2.16. The topological polar surface area (TPSA) is 72.0 Å². The monoisotopic (exact) mass is 156 g/mol. The van der Waals surface area contributed by atoms with Crippen LogP contribution in [0.15, 0.2) is 6.20 Å². The average molecular weight is 156 g/mol. The predicted octanol–water partition coefficient (Wildman–Crippen LogP) is -0.792. The lowest BCUT2D eigenvalue weighted by Crippen LogP contribution is -2.33. The summed E-state index contributed by atoms with van der Waals surface area (Å²) in [5, 5.41) is 0. The molecule has 0 aromatic carbocycles. The largest absolute Gasteiger partial charge is 0.460 e. The molecule has 0 aliphatic heterocycles. The number of H-pyrrole nitrogens is 1. The molecule has 1 aromatic heterocycles. The van der Waals surface area contributed by atoms with Crippen molar-refractivity contribution in [3.8, 4) is 0 Å². The lowest BCUT2D eigenvalue weighted by molar-refractivity contribution is -0.672. The van der Waals surface area contributed by atoms with E-state index in [2.05, 4.69) is 9.72 Å². The van der Waals surface area contributed by atoms with Gasteiger partial charge in [-0.15, -0.1) is 0 Å². The molecular formula is C6H10N3O2+. The van der Waals surface area contributed by atoms with E-state index in [0.717, 1.165) is 0 Å². The summed E-state index contributed by atoms with van der Waals surface area (Å²) in [5.41, 5.74) is 5.39. The quantitative estimate of drug-likeness (QED) is 0.413. The summed E-state index contributed by atoms with van der Waals surface area (Å²) in [6, 6.07) is 0. The van der Waals surface area contributed by atoms with Crippen LogP contribution in [0, 0.1) is 0 Å². The molecule has 5 nitrogen and oxygen atoms in total. The maximum Gasteiger partial charge on any atom is 0.421 e. The number of carbonyl (C=O) groups is 1. The van der Waals surface area contributed by atoms with Crippen LogP contribution < -0.4 is 10.3 Å². The highest BCUT2D eigenvalue weighted by atomic mass is 16.5. The van der Waals surface area contributed by atoms with Crippen LogP contribution in [0.4, 0.5) is 5.82 Å². The first-order chi connectivity index (χ1) is 5.15. The Labute approximate surface area is 63.8 Å². The lowest BCUT2D eigenvalue weighted by Gasteiger charge is -1.89. The van der Waals surface area contributed by atoms with Gasteiger partial charge in [0.1, 0.15) is 0 Å². The van der Waals surface area contributed by atoms with Crippen molar-refractivity contribution in [2.45, 2.75) is 0 Å². The number of aromatic nitrogens is 2. The number of anilines is 1. The maximum absolute atomic E-state index is 10.9. The van der Waals surface area contributed by atoms with Gasteiger partial charge >= 0.3 is 11.8 Å². The molecule has 0 atom stereocenters. The van der Waals surface area contributed by atoms with Gasteiger partial charge in [-0.2, -0.15) is 0 Å². The molecule has 0 aliphatic carbocycles. The summed E-state index contributed by atoms with van der Waals surface area (Å²) in [4.78, 5) is 13.6. The Morgan fingerprint density at radius 3 is 2.82 bits per heavy atom. The van der Waals surface area contributed by atoms with Crippen LogP contribution in [0.1, 0.15) is 10.6 Å². The van der Waals surface area contributed by atoms with Gasteiger partial charge in [0.2, 0.25) is 5.82 Å². The number of aromatic amines is 1. The molecule has 0 spiro atoms. The van der Waals surface area contributed by atoms with Crippen molar-refractivity contribution in [2.75, 3.05) is 12.8 Å². The Morgan fingerprint density at radius 1 is 1.82 bits per heavy atom. The predicted molar refractivity (Wildman–Crippen MR) is 37.7 cm³/mol. The molecule has 0 fully saturated rings. The molecule has 0 aliphatic rings. The summed E-state index contributed by atoms with van der Waals surface area (Å²) in [5.74, 6) is 0.349. The summed E-state index contributed by atoms with van der Waals surface area (Å²) in [7, 11) is 3.03. The molecule has 0 amide bonds. The van der Waals surface area contributed by atoms with E-state index in [4.69, 9.17) is 5.73 Å². The third kappa shape index (κ3) is 1.31. The minimum atomic E-state index is -0.427. The minimum absolute atomic E-state index is 0.338. The van der Waals surface area contributed by atoms with Crippen molar-refractivity contribution in [3.63, 3.8) is 0 Å². The number of nitrogens with zero attached hydrogens (tertiary/aromatic N) is 1. The fourth-order valence-electron chi connectivity index (χ4n) is 0.822. The zero-order valence-corrected chi connectivity index (χ0v) is 6.42. The number of methoxy groups -OCH3 is 1. The van der Waals surface area contributed by atoms with Crippen molar-refractivity contribution in [1.82, 2.24) is 4.98 Å². The molecule has 1 aromatic rings. The third-order valence-corrected chi connectivity index (χ3v) is 1.33. The van der Waals surface area contributed by atoms with Gasteiger partial charge in [-0.1, -0.05) is 0 Å². The van der Waals surface area contributed by atoms with E-state index in [0.29, 0.717) is 11.6 Å². The van der Waals surface area contributed by atoms with Gasteiger partial charge in [-0.05, 0) is 0 Å². The molecule has 1 heterocycles. The number of esters is 1. The zero-order chi connectivity index (χ0) is 8.43. The van der Waals surface area contributed by atoms with E-state index in [9.17, 15) is 4.79 Å². The standard InChI is InChI=1S/C6H9N3O2/c1-9-3-4(7)8-5(9)6(10)11-2/h3H,7H2,1-2H3/p+1. The highest BCUT2D eigenvalue weighted by Gasteiger charge is 2.19. The molecular weight excluding hydrogens is 146 g/mol. The normalized spacial score (nSPS) is 9.64. The zero-order valence-electron chi connectivity index (χ0n) is 6.42. The number of hydrogen-bond donors (Lipinski definition) is 2. The van der Waals surface area contributed by atoms with Crippen LogP contribution in [-0.2, 0) is 11.8 Å². The fraction of sp³-hybridized carbons (Fsp3) is 0.333. The maximum atomic E-state index is 10.9. The van der Waals surface area contributed by atoms with Crippen molar-refractivity contribution < 1.29 is 14.1 Å². The van der Waals surface area contributed by atoms with Crippen LogP contribution in [0.3, 0.4) is 0 Å². The number of rotatable bonds is 1. The van der Waals surface area contributed by atoms with E-state index in [-0.39, 0.29) is 0 Å². The van der Waals surface area contributed by atoms with Gasteiger partial charge in [-0.3, -0.25) is 0 Å². The molecule has 60 valence electrons. The van der Waals surface area contributed by atoms with Gasteiger partial charge in [-0.25, -0.2) is 14.3 Å². The van der Waals surface area contributed by atoms with Crippen LogP contribution in [-0.4, -0.2) is 18.1 Å². The second-order valence-electron chi connectivity index (χ2n) is 2.16. The van der Waals surface area contributed by atoms with Crippen molar-refractivity contribution >= 4 is 11.8 Å². The number of nitrogens with one attached hydrogen (secondary N) is 1. The SMILES string of the molecule is COC(=O)c1[nH]c(N)c[n+]1C. The van der Waals surface area contributed by atoms with Gasteiger partial charge < -0.3 is 10.5 Å². The fourth-order valence-corrected chi connectivity index (χ4v) is 0.822. The molecule has 5 heteroatoms. The third-order valence-electron chi connectivity index (χ3n) is 1.33. The van der Waals surface area contributed by atoms with Gasteiger partial charge in [0.25, 0.3) is 0 Å². The Bertz CT molecular complexity index is 279. The molecule has 11 heavy (non-hydrogen) atoms. The number of ether oxygens (including phenoxy) is 1. The number of nitrogens with two attached hydrogens (primary N) is 1. The molecule has 3 N–H and O–H groups in total. The van der Waals surface area contributed by atoms with Crippen molar-refractivity contribution in [1.29, 1.82) is 0 Å². The van der Waals surface area contributed by atoms with Crippen LogP contribution >= 0.6 is 0 Å². The smallest absolute Gasteiger partial charge is 0.421 e. The summed E-state index contributed by atoms with van der Waals surface area (Å²) in [6.07, 6.45) is 1.60. The van der Waals surface area contributed by atoms with Crippen LogP contribution in [0.5, 0.6) is 0 Å². The highest BCUT2D eigenvalue weighted by Crippen LogP contribution is 1.95. The number of hydrogen-bond acceptors (Lipinski definition) is 3. The van der Waals surface area contributed by atoms with E-state index >= 15 is 0 Å². The summed E-state index contributed by atoms with van der Waals surface area (Å²) in [6.45, 7) is 0. The van der Waals surface area contributed by atoms with E-state index in [1.807, 2.05) is 0 Å². The van der Waals surface area contributed by atoms with Crippen molar-refractivity contribution in [3.05, 3.63) is 12.0 Å². The molecule has 0 bridgehead atoms. The first kappa shape index (κ1) is 7.59. The van der Waals surface area contributed by atoms with Crippen LogP contribution in [0.2, 0.25) is 0 Å². The molecule has 1 rings (SSSR count).